The first-order chi connectivity index (χ1) is 15.7. The Morgan fingerprint density at radius 2 is 1.76 bits per heavy atom. The lowest BCUT2D eigenvalue weighted by atomic mass is 10.2. The van der Waals surface area contributed by atoms with Crippen LogP contribution in [0.4, 0.5) is 5.69 Å². The largest absolute Gasteiger partial charge is 0.497 e. The molecule has 3 rings (SSSR count). The summed E-state index contributed by atoms with van der Waals surface area (Å²) in [7, 11) is -2.49. The van der Waals surface area contributed by atoms with Gasteiger partial charge in [0.2, 0.25) is 10.0 Å². The number of rotatable bonds is 8. The average Bonchev–Trinajstić information content (AvgIpc) is 3.31. The van der Waals surface area contributed by atoms with Crippen molar-refractivity contribution in [2.45, 2.75) is 17.7 Å². The van der Waals surface area contributed by atoms with E-state index in [9.17, 15) is 28.1 Å². The zero-order valence-corrected chi connectivity index (χ0v) is 18.4. The molecule has 2 amide bonds. The van der Waals surface area contributed by atoms with E-state index >= 15 is 0 Å². The first kappa shape index (κ1) is 24.1. The zero-order valence-electron chi connectivity index (χ0n) is 17.6. The highest BCUT2D eigenvalue weighted by Gasteiger charge is 2.36. The second-order valence-electron chi connectivity index (χ2n) is 6.93. The fourth-order valence-corrected chi connectivity index (χ4v) is 4.59. The molecular weight excluding hydrogens is 456 g/mol. The van der Waals surface area contributed by atoms with Gasteiger partial charge in [0.1, 0.15) is 12.0 Å². The Bertz CT molecular complexity index is 1120. The van der Waals surface area contributed by atoms with Crippen LogP contribution in [0.15, 0.2) is 53.4 Å². The average molecular weight is 478 g/mol. The molecule has 33 heavy (non-hydrogen) atoms. The number of hydrogen-bond acceptors (Lipinski definition) is 8. The lowest BCUT2D eigenvalue weighted by Gasteiger charge is -2.22. The first-order valence-corrected chi connectivity index (χ1v) is 11.2. The van der Waals surface area contributed by atoms with Crippen molar-refractivity contribution in [1.29, 1.82) is 0 Å². The van der Waals surface area contributed by atoms with Crippen LogP contribution in [0.5, 0.6) is 5.75 Å². The Morgan fingerprint density at radius 1 is 1.12 bits per heavy atom. The number of nitro groups is 1. The molecule has 176 valence electrons. The van der Waals surface area contributed by atoms with Gasteiger partial charge in [-0.2, -0.15) is 4.31 Å². The van der Waals surface area contributed by atoms with Gasteiger partial charge in [0, 0.05) is 25.2 Å². The third-order valence-electron chi connectivity index (χ3n) is 4.85. The Kier molecular flexibility index (Phi) is 7.58. The molecule has 0 aliphatic carbocycles. The summed E-state index contributed by atoms with van der Waals surface area (Å²) in [5, 5.41) is 15.6. The monoisotopic (exact) mass is 478 g/mol. The predicted molar refractivity (Wildman–Crippen MR) is 115 cm³/mol. The molecule has 0 saturated carbocycles. The highest BCUT2D eigenvalue weighted by molar-refractivity contribution is 7.89. The fourth-order valence-electron chi connectivity index (χ4n) is 3.08. The number of ether oxygens (including phenoxy) is 2. The van der Waals surface area contributed by atoms with E-state index in [1.807, 2.05) is 0 Å². The van der Waals surface area contributed by atoms with Gasteiger partial charge < -0.3 is 20.1 Å². The van der Waals surface area contributed by atoms with Gasteiger partial charge in [-0.15, -0.1) is 0 Å². The number of nitrogens with zero attached hydrogens (tertiary/aromatic N) is 2. The topological polar surface area (TPSA) is 157 Å². The third kappa shape index (κ3) is 5.83. The van der Waals surface area contributed by atoms with E-state index in [1.54, 1.807) is 24.3 Å². The van der Waals surface area contributed by atoms with Gasteiger partial charge in [-0.25, -0.2) is 8.42 Å². The van der Waals surface area contributed by atoms with Gasteiger partial charge in [0.15, 0.2) is 0 Å². The molecule has 2 aromatic carbocycles. The summed E-state index contributed by atoms with van der Waals surface area (Å²) >= 11 is 0. The second-order valence-corrected chi connectivity index (χ2v) is 8.82. The molecule has 1 aliphatic heterocycles. The van der Waals surface area contributed by atoms with E-state index in [4.69, 9.17) is 9.47 Å². The number of non-ortho nitro benzene ring substituents is 1. The summed E-state index contributed by atoms with van der Waals surface area (Å²) in [6.45, 7) is -0.00222. The molecular formula is C20H22N4O8S. The van der Waals surface area contributed by atoms with Crippen molar-refractivity contribution in [2.75, 3.05) is 26.8 Å². The van der Waals surface area contributed by atoms with Crippen molar-refractivity contribution in [3.63, 3.8) is 0 Å². The Hall–Kier alpha value is -3.55. The van der Waals surface area contributed by atoms with E-state index < -0.39 is 33.0 Å². The number of carbonyl (C=O) groups is 2. The zero-order chi connectivity index (χ0) is 24.0. The lowest BCUT2D eigenvalue weighted by Crippen LogP contribution is -2.47. The minimum atomic E-state index is -4.03. The molecule has 1 fully saturated rings. The van der Waals surface area contributed by atoms with E-state index in [0.29, 0.717) is 5.75 Å². The first-order valence-electron chi connectivity index (χ1n) is 9.79. The van der Waals surface area contributed by atoms with Crippen molar-refractivity contribution in [1.82, 2.24) is 14.9 Å². The van der Waals surface area contributed by atoms with E-state index in [-0.39, 0.29) is 36.8 Å². The molecule has 2 N–H and O–H groups in total. The SMILES string of the molecule is COc1ccc(CNC(=O)C(=O)NCC2OCCN2S(=O)(=O)c2ccc([N+](=O)[O-])cc2)cc1. The fraction of sp³-hybridized carbons (Fsp3) is 0.300. The number of benzene rings is 2. The molecule has 1 heterocycles. The van der Waals surface area contributed by atoms with Crippen LogP contribution in [0.2, 0.25) is 0 Å². The molecule has 1 atom stereocenters. The van der Waals surface area contributed by atoms with Crippen LogP contribution in [0.1, 0.15) is 5.56 Å². The molecule has 1 unspecified atom stereocenters. The Labute approximate surface area is 189 Å². The van der Waals surface area contributed by atoms with E-state index in [0.717, 1.165) is 34.1 Å². The summed E-state index contributed by atoms with van der Waals surface area (Å²) in [4.78, 5) is 34.2. The Morgan fingerprint density at radius 3 is 2.36 bits per heavy atom. The molecule has 1 saturated heterocycles. The Balaban J connectivity index is 1.55. The molecule has 1 aliphatic rings. The van der Waals surface area contributed by atoms with Crippen LogP contribution in [-0.4, -0.2) is 62.5 Å². The molecule has 0 radical (unpaired) electrons. The maximum Gasteiger partial charge on any atom is 0.309 e. The number of nitrogens with one attached hydrogen (secondary N) is 2. The van der Waals surface area contributed by atoms with Crippen LogP contribution in [0.25, 0.3) is 0 Å². The van der Waals surface area contributed by atoms with Crippen molar-refractivity contribution >= 4 is 27.5 Å². The highest BCUT2D eigenvalue weighted by atomic mass is 32.2. The third-order valence-corrected chi connectivity index (χ3v) is 6.76. The molecule has 0 spiro atoms. The lowest BCUT2D eigenvalue weighted by molar-refractivity contribution is -0.384. The van der Waals surface area contributed by atoms with Crippen molar-refractivity contribution in [3.05, 3.63) is 64.2 Å². The maximum absolute atomic E-state index is 12.9. The van der Waals surface area contributed by atoms with Crippen molar-refractivity contribution < 1.29 is 32.4 Å². The second kappa shape index (κ2) is 10.4. The van der Waals surface area contributed by atoms with Gasteiger partial charge in [0.25, 0.3) is 5.69 Å². The summed E-state index contributed by atoms with van der Waals surface area (Å²) in [6, 6.07) is 11.4. The smallest absolute Gasteiger partial charge is 0.309 e. The van der Waals surface area contributed by atoms with E-state index in [2.05, 4.69) is 10.6 Å². The number of nitro benzene ring substituents is 1. The van der Waals surface area contributed by atoms with Gasteiger partial charge in [0.05, 0.1) is 30.1 Å². The standard InChI is InChI=1S/C20H22N4O8S/c1-31-16-6-2-14(3-7-16)12-21-19(25)20(26)22-13-18-23(10-11-32-18)33(29,30)17-8-4-15(5-9-17)24(27)28/h2-9,18H,10-13H2,1H3,(H,21,25)(H,22,26). The minimum Gasteiger partial charge on any atom is -0.497 e. The van der Waals surface area contributed by atoms with Gasteiger partial charge >= 0.3 is 11.8 Å². The molecule has 13 heteroatoms. The summed E-state index contributed by atoms with van der Waals surface area (Å²) in [6.07, 6.45) is -1.02. The van der Waals surface area contributed by atoms with E-state index in [1.165, 1.54) is 7.11 Å². The molecule has 12 nitrogen and oxygen atoms in total. The van der Waals surface area contributed by atoms with Crippen molar-refractivity contribution in [2.24, 2.45) is 0 Å². The predicted octanol–water partition coefficient (Wildman–Crippen LogP) is 0.383. The van der Waals surface area contributed by atoms with Crippen LogP contribution in [0.3, 0.4) is 0 Å². The summed E-state index contributed by atoms with van der Waals surface area (Å²) in [5.74, 6) is -1.16. The van der Waals surface area contributed by atoms with Gasteiger partial charge in [-0.05, 0) is 29.8 Å². The maximum atomic E-state index is 12.9. The number of hydrogen-bond donors (Lipinski definition) is 2. The summed E-state index contributed by atoms with van der Waals surface area (Å²) < 4.78 is 37.2. The molecule has 0 bridgehead atoms. The number of methoxy groups -OCH3 is 1. The quantitative estimate of drug-likeness (QED) is 0.313. The molecule has 0 aromatic heterocycles. The van der Waals surface area contributed by atoms with Crippen LogP contribution in [-0.2, 0) is 30.9 Å². The highest BCUT2D eigenvalue weighted by Crippen LogP contribution is 2.24. The van der Waals surface area contributed by atoms with Crippen LogP contribution < -0.4 is 15.4 Å². The van der Waals surface area contributed by atoms with Gasteiger partial charge in [-0.1, -0.05) is 12.1 Å². The number of amides is 2. The normalized spacial score (nSPS) is 16.2. The van der Waals surface area contributed by atoms with Crippen LogP contribution >= 0.6 is 0 Å². The number of sulfonamides is 1. The van der Waals surface area contributed by atoms with Crippen molar-refractivity contribution in [3.8, 4) is 5.75 Å². The molecule has 2 aromatic rings. The summed E-state index contributed by atoms with van der Waals surface area (Å²) in [5.41, 5.74) is 0.521. The van der Waals surface area contributed by atoms with Gasteiger partial charge in [-0.3, -0.25) is 19.7 Å². The number of carbonyl (C=O) groups excluding carboxylic acids is 2. The van der Waals surface area contributed by atoms with Crippen LogP contribution in [0, 0.1) is 10.1 Å². The minimum absolute atomic E-state index is 0.0313.